The molecule has 0 atom stereocenters. The highest BCUT2D eigenvalue weighted by molar-refractivity contribution is 6.35. The number of halogens is 2. The van der Waals surface area contributed by atoms with E-state index in [2.05, 4.69) is 25.9 Å². The molecule has 0 aliphatic carbocycles. The van der Waals surface area contributed by atoms with Crippen molar-refractivity contribution in [3.05, 3.63) is 60.6 Å². The molecule has 12 nitrogen and oxygen atoms in total. The van der Waals surface area contributed by atoms with Gasteiger partial charge >= 0.3 is 0 Å². The summed E-state index contributed by atoms with van der Waals surface area (Å²) in [5.41, 5.74) is 1.54. The molecule has 190 valence electrons. The molecule has 0 saturated heterocycles. The number of anilines is 2. The molecule has 3 heterocycles. The summed E-state index contributed by atoms with van der Waals surface area (Å²) in [4.78, 5) is 29.6. The van der Waals surface area contributed by atoms with Crippen molar-refractivity contribution < 1.29 is 9.85 Å². The van der Waals surface area contributed by atoms with Crippen LogP contribution in [0.25, 0.3) is 11.0 Å². The number of aryl methyl sites for hydroxylation is 1. The van der Waals surface area contributed by atoms with Crippen LogP contribution in [0.3, 0.4) is 0 Å². The molecule has 3 N–H and O–H groups in total. The number of guanidine groups is 1. The Bertz CT molecular complexity index is 1330. The van der Waals surface area contributed by atoms with Gasteiger partial charge in [-0.05, 0) is 37.8 Å². The molecule has 1 aromatic heterocycles. The topological polar surface area (TPSA) is 153 Å². The first-order chi connectivity index (χ1) is 17.3. The summed E-state index contributed by atoms with van der Waals surface area (Å²) in [6.45, 7) is 3.12. The Hall–Kier alpha value is -3.64. The van der Waals surface area contributed by atoms with Gasteiger partial charge in [0.2, 0.25) is 5.95 Å². The van der Waals surface area contributed by atoms with Gasteiger partial charge in [-0.2, -0.15) is 0 Å². The predicted molar refractivity (Wildman–Crippen MR) is 140 cm³/mol. The second kappa shape index (κ2) is 11.4. The normalized spacial score (nSPS) is 15.1. The molecule has 2 aliphatic rings. The summed E-state index contributed by atoms with van der Waals surface area (Å²) in [6.07, 6.45) is 4.08. The number of nitro benzene ring substituents is 2. The first-order valence-corrected chi connectivity index (χ1v) is 12.2. The van der Waals surface area contributed by atoms with Gasteiger partial charge in [0.1, 0.15) is 5.52 Å². The van der Waals surface area contributed by atoms with Crippen molar-refractivity contribution in [3.63, 3.8) is 0 Å². The number of aliphatic imine (C=N–C) groups is 1. The molecule has 0 amide bonds. The van der Waals surface area contributed by atoms with E-state index in [1.165, 1.54) is 30.3 Å². The molecule has 3 aromatic rings. The summed E-state index contributed by atoms with van der Waals surface area (Å²) in [7, 11) is 0. The van der Waals surface area contributed by atoms with Crippen molar-refractivity contribution in [3.8, 4) is 0 Å². The Balaban J connectivity index is 0.000000169. The predicted octanol–water partition coefficient (Wildman–Crippen LogP) is 5.20. The second-order valence-corrected chi connectivity index (χ2v) is 8.97. The number of nitrogens with zero attached hydrogens (tertiary/aromatic N) is 5. The minimum Gasteiger partial charge on any atom is -0.356 e. The molecular formula is C22H24Cl2N8O4. The number of hydrogen-bond acceptors (Lipinski definition) is 9. The summed E-state index contributed by atoms with van der Waals surface area (Å²) in [5, 5.41) is 31.9. The Morgan fingerprint density at radius 1 is 0.944 bits per heavy atom. The zero-order valence-electron chi connectivity index (χ0n) is 19.2. The highest BCUT2D eigenvalue weighted by Crippen LogP contribution is 2.34. The van der Waals surface area contributed by atoms with Gasteiger partial charge in [0.15, 0.2) is 11.5 Å². The summed E-state index contributed by atoms with van der Waals surface area (Å²) in [5.74, 6) is 1.27. The number of fused-ring (bicyclic) bond motifs is 3. The summed E-state index contributed by atoms with van der Waals surface area (Å²) >= 11 is 12.1. The third-order valence-corrected chi connectivity index (χ3v) is 6.31. The molecule has 2 aromatic carbocycles. The van der Waals surface area contributed by atoms with Gasteiger partial charge in [-0.25, -0.2) is 4.98 Å². The van der Waals surface area contributed by atoms with Crippen LogP contribution in [-0.4, -0.2) is 45.0 Å². The lowest BCUT2D eigenvalue weighted by molar-refractivity contribution is -0.384. The molecule has 36 heavy (non-hydrogen) atoms. The van der Waals surface area contributed by atoms with Crippen LogP contribution in [0.2, 0.25) is 10.0 Å². The van der Waals surface area contributed by atoms with Gasteiger partial charge < -0.3 is 20.5 Å². The maximum Gasteiger partial charge on any atom is 0.295 e. The van der Waals surface area contributed by atoms with E-state index in [4.69, 9.17) is 23.2 Å². The van der Waals surface area contributed by atoms with E-state index in [9.17, 15) is 20.2 Å². The van der Waals surface area contributed by atoms with Gasteiger partial charge in [-0.1, -0.05) is 23.2 Å². The van der Waals surface area contributed by atoms with Gasteiger partial charge in [0.25, 0.3) is 11.4 Å². The molecule has 0 radical (unpaired) electrons. The Labute approximate surface area is 216 Å². The summed E-state index contributed by atoms with van der Waals surface area (Å²) in [6, 6.07) is 7.23. The van der Waals surface area contributed by atoms with E-state index in [1.807, 2.05) is 4.57 Å². The number of aromatic nitrogens is 2. The Kier molecular flexibility index (Phi) is 8.06. The first-order valence-electron chi connectivity index (χ1n) is 11.4. The maximum absolute atomic E-state index is 11.1. The number of non-ortho nitro benzene ring substituents is 2. The van der Waals surface area contributed by atoms with Crippen LogP contribution in [0, 0.1) is 20.2 Å². The third kappa shape index (κ3) is 5.77. The molecule has 14 heteroatoms. The van der Waals surface area contributed by atoms with Gasteiger partial charge in [0, 0.05) is 44.4 Å². The minimum atomic E-state index is -0.455. The smallest absolute Gasteiger partial charge is 0.295 e. The van der Waals surface area contributed by atoms with Gasteiger partial charge in [0.05, 0.1) is 25.6 Å². The zero-order valence-corrected chi connectivity index (χ0v) is 20.7. The molecule has 0 bridgehead atoms. The monoisotopic (exact) mass is 534 g/mol. The maximum atomic E-state index is 11.1. The van der Waals surface area contributed by atoms with Crippen LogP contribution in [0.15, 0.2) is 35.3 Å². The molecule has 2 aliphatic heterocycles. The van der Waals surface area contributed by atoms with Crippen molar-refractivity contribution in [1.29, 1.82) is 0 Å². The number of hydrogen-bond donors (Lipinski definition) is 3. The fourth-order valence-electron chi connectivity index (χ4n) is 3.91. The fraction of sp³-hybridized carbons (Fsp3) is 0.364. The van der Waals surface area contributed by atoms with E-state index in [0.717, 1.165) is 51.9 Å². The van der Waals surface area contributed by atoms with Crippen molar-refractivity contribution >= 4 is 63.2 Å². The average Bonchev–Trinajstić information content (AvgIpc) is 3.02. The largest absolute Gasteiger partial charge is 0.356 e. The van der Waals surface area contributed by atoms with Gasteiger partial charge in [-0.15, -0.1) is 0 Å². The van der Waals surface area contributed by atoms with Crippen molar-refractivity contribution in [2.24, 2.45) is 4.99 Å². The summed E-state index contributed by atoms with van der Waals surface area (Å²) < 4.78 is 1.85. The van der Waals surface area contributed by atoms with Crippen LogP contribution in [0.1, 0.15) is 25.7 Å². The molecule has 0 spiro atoms. The van der Waals surface area contributed by atoms with E-state index < -0.39 is 9.85 Å². The van der Waals surface area contributed by atoms with Crippen LogP contribution < -0.4 is 16.0 Å². The van der Waals surface area contributed by atoms with Crippen LogP contribution >= 0.6 is 23.2 Å². The molecule has 0 saturated carbocycles. The van der Waals surface area contributed by atoms with Crippen LogP contribution in [0.4, 0.5) is 23.0 Å². The van der Waals surface area contributed by atoms with E-state index in [-0.39, 0.29) is 11.4 Å². The van der Waals surface area contributed by atoms with Crippen molar-refractivity contribution in [1.82, 2.24) is 14.9 Å². The van der Waals surface area contributed by atoms with E-state index in [0.29, 0.717) is 38.7 Å². The van der Waals surface area contributed by atoms with Gasteiger partial charge in [-0.3, -0.25) is 25.2 Å². The number of nitro groups is 2. The Morgan fingerprint density at radius 3 is 2.47 bits per heavy atom. The molecule has 5 rings (SSSR count). The molecular weight excluding hydrogens is 511 g/mol. The average molecular weight is 535 g/mol. The van der Waals surface area contributed by atoms with E-state index >= 15 is 0 Å². The third-order valence-electron chi connectivity index (χ3n) is 5.67. The second-order valence-electron chi connectivity index (χ2n) is 8.15. The van der Waals surface area contributed by atoms with Crippen LogP contribution in [0.5, 0.6) is 0 Å². The first kappa shape index (κ1) is 25.5. The molecule has 0 fully saturated rings. The standard InChI is InChI=1S/C11H11ClN4O2.C11H13ClN4O2/c12-7-3-4-8(16(17)18)10-9(7)14-11-13-5-1-2-6-15(10)11;12-9-4-3-8(16(17)18)7-10(9)15-11-13-5-1-2-6-14-11/h3-4H,1-2,5-6H2,(H,13,14);3-4,7H,1-2,5-6H2,(H2,13,14,15). The van der Waals surface area contributed by atoms with Crippen LogP contribution in [-0.2, 0) is 6.54 Å². The number of nitrogens with one attached hydrogen (secondary N) is 3. The number of rotatable bonds is 3. The van der Waals surface area contributed by atoms with E-state index in [1.54, 1.807) is 0 Å². The number of imidazole rings is 1. The molecule has 0 unspecified atom stereocenters. The lowest BCUT2D eigenvalue weighted by atomic mass is 10.2. The number of benzene rings is 2. The SMILES string of the molecule is O=[N+]([O-])c1ccc(Cl)c(NC2=NCCCCN2)c1.O=[N+]([O-])c1ccc(Cl)c2nc3n(c12)CCCCN3. The van der Waals surface area contributed by atoms with Crippen molar-refractivity contribution in [2.75, 3.05) is 30.3 Å². The quantitative estimate of drug-likeness (QED) is 0.306. The lowest BCUT2D eigenvalue weighted by Gasteiger charge is -2.11. The highest BCUT2D eigenvalue weighted by atomic mass is 35.5. The zero-order chi connectivity index (χ0) is 25.7. The highest BCUT2D eigenvalue weighted by Gasteiger charge is 2.23. The minimum absolute atomic E-state index is 0.00359. The van der Waals surface area contributed by atoms with Crippen molar-refractivity contribution in [2.45, 2.75) is 32.2 Å². The Morgan fingerprint density at radius 2 is 1.69 bits per heavy atom. The fourth-order valence-corrected chi connectivity index (χ4v) is 4.27. The lowest BCUT2D eigenvalue weighted by Crippen LogP contribution is -2.30.